The van der Waals surface area contributed by atoms with E-state index in [9.17, 15) is 14.4 Å². The molecule has 2 rings (SSSR count). The van der Waals surface area contributed by atoms with E-state index < -0.39 is 24.6 Å². The van der Waals surface area contributed by atoms with E-state index in [1.807, 2.05) is 59.9 Å². The summed E-state index contributed by atoms with van der Waals surface area (Å²) in [5, 5.41) is 1.90. The standard InChI is InChI=1S/C18H17NO5/c1-23-18(22)19-16(20)12-24-17(21)11-13-7-9-15(10-8-13)14-5-3-2-4-6-14/h2-10H,11-12H2,1H3,(H,19,20,22). The zero-order chi connectivity index (χ0) is 17.4. The number of imide groups is 1. The van der Waals surface area contributed by atoms with Crippen LogP contribution in [-0.4, -0.2) is 31.7 Å². The lowest BCUT2D eigenvalue weighted by Crippen LogP contribution is -2.34. The Morgan fingerprint density at radius 2 is 1.54 bits per heavy atom. The Kier molecular flexibility index (Phi) is 6.08. The highest BCUT2D eigenvalue weighted by atomic mass is 16.5. The van der Waals surface area contributed by atoms with E-state index in [2.05, 4.69) is 4.74 Å². The maximum Gasteiger partial charge on any atom is 0.413 e. The number of alkyl carbamates (subject to hydrolysis) is 1. The van der Waals surface area contributed by atoms with Gasteiger partial charge in [0.05, 0.1) is 13.5 Å². The molecule has 24 heavy (non-hydrogen) atoms. The number of carbonyl (C=O) groups is 3. The summed E-state index contributed by atoms with van der Waals surface area (Å²) in [5.74, 6) is -1.29. The van der Waals surface area contributed by atoms with Crippen LogP contribution in [0.1, 0.15) is 5.56 Å². The summed E-state index contributed by atoms with van der Waals surface area (Å²) in [7, 11) is 1.13. The number of hydrogen-bond acceptors (Lipinski definition) is 5. The molecule has 6 heteroatoms. The minimum absolute atomic E-state index is 0.0422. The van der Waals surface area contributed by atoms with Crippen molar-refractivity contribution in [2.75, 3.05) is 13.7 Å². The fourth-order valence-electron chi connectivity index (χ4n) is 2.01. The Morgan fingerprint density at radius 1 is 0.917 bits per heavy atom. The van der Waals surface area contributed by atoms with Gasteiger partial charge in [0, 0.05) is 0 Å². The van der Waals surface area contributed by atoms with Crippen molar-refractivity contribution in [3.63, 3.8) is 0 Å². The van der Waals surface area contributed by atoms with E-state index >= 15 is 0 Å². The molecule has 1 N–H and O–H groups in total. The quantitative estimate of drug-likeness (QED) is 0.852. The molecule has 0 saturated carbocycles. The molecule has 0 fully saturated rings. The second kappa shape index (κ2) is 8.47. The number of ether oxygens (including phenoxy) is 2. The Bertz CT molecular complexity index is 710. The lowest BCUT2D eigenvalue weighted by molar-refractivity contribution is -0.147. The van der Waals surface area contributed by atoms with E-state index in [0.717, 1.165) is 23.8 Å². The van der Waals surface area contributed by atoms with Crippen LogP contribution in [0.2, 0.25) is 0 Å². The third-order valence-electron chi connectivity index (χ3n) is 3.20. The number of nitrogens with one attached hydrogen (secondary N) is 1. The zero-order valence-corrected chi connectivity index (χ0v) is 13.2. The first-order chi connectivity index (χ1) is 11.6. The maximum absolute atomic E-state index is 11.7. The highest BCUT2D eigenvalue weighted by Crippen LogP contribution is 2.19. The van der Waals surface area contributed by atoms with E-state index in [4.69, 9.17) is 4.74 Å². The molecule has 0 saturated heterocycles. The normalized spacial score (nSPS) is 9.88. The molecule has 2 amide bonds. The number of esters is 1. The Hall–Kier alpha value is -3.15. The molecule has 2 aromatic rings. The highest BCUT2D eigenvalue weighted by molar-refractivity contribution is 5.93. The lowest BCUT2D eigenvalue weighted by Gasteiger charge is -2.06. The number of rotatable bonds is 5. The minimum Gasteiger partial charge on any atom is -0.455 e. The van der Waals surface area contributed by atoms with E-state index in [-0.39, 0.29) is 6.42 Å². The van der Waals surface area contributed by atoms with Crippen LogP contribution >= 0.6 is 0 Å². The summed E-state index contributed by atoms with van der Waals surface area (Å²) in [5.41, 5.74) is 2.91. The smallest absolute Gasteiger partial charge is 0.413 e. The highest BCUT2D eigenvalue weighted by Gasteiger charge is 2.11. The predicted molar refractivity (Wildman–Crippen MR) is 87.1 cm³/mol. The Balaban J connectivity index is 1.84. The number of benzene rings is 2. The molecule has 0 heterocycles. The predicted octanol–water partition coefficient (Wildman–Crippen LogP) is 2.32. The summed E-state index contributed by atoms with van der Waals surface area (Å²) < 4.78 is 9.07. The third kappa shape index (κ3) is 5.24. The first-order valence-corrected chi connectivity index (χ1v) is 7.26. The van der Waals surface area contributed by atoms with Gasteiger partial charge in [-0.3, -0.25) is 14.9 Å². The Morgan fingerprint density at radius 3 is 2.17 bits per heavy atom. The van der Waals surface area contributed by atoms with E-state index in [1.54, 1.807) is 0 Å². The monoisotopic (exact) mass is 327 g/mol. The van der Waals surface area contributed by atoms with Crippen molar-refractivity contribution < 1.29 is 23.9 Å². The fourth-order valence-corrected chi connectivity index (χ4v) is 2.01. The van der Waals surface area contributed by atoms with Crippen molar-refractivity contribution in [3.8, 4) is 11.1 Å². The first-order valence-electron chi connectivity index (χ1n) is 7.26. The second-order valence-electron chi connectivity index (χ2n) is 4.94. The molecule has 124 valence electrons. The number of methoxy groups -OCH3 is 1. The van der Waals surface area contributed by atoms with Crippen LogP contribution < -0.4 is 5.32 Å². The molecule has 0 spiro atoms. The van der Waals surface area contributed by atoms with Gasteiger partial charge in [-0.1, -0.05) is 54.6 Å². The van der Waals surface area contributed by atoms with Crippen LogP contribution in [0, 0.1) is 0 Å². The average molecular weight is 327 g/mol. The van der Waals surface area contributed by atoms with Gasteiger partial charge in [0.1, 0.15) is 0 Å². The van der Waals surface area contributed by atoms with Gasteiger partial charge in [-0.25, -0.2) is 4.79 Å². The molecule has 0 bridgehead atoms. The van der Waals surface area contributed by atoms with Gasteiger partial charge in [0.2, 0.25) is 0 Å². The summed E-state index contributed by atoms with van der Waals surface area (Å²) in [6.45, 7) is -0.532. The summed E-state index contributed by atoms with van der Waals surface area (Å²) in [6.07, 6.45) is -0.854. The van der Waals surface area contributed by atoms with Crippen LogP contribution in [-0.2, 0) is 25.5 Å². The van der Waals surface area contributed by atoms with Gasteiger partial charge in [-0.05, 0) is 16.7 Å². The van der Waals surface area contributed by atoms with Gasteiger partial charge in [0.25, 0.3) is 5.91 Å². The van der Waals surface area contributed by atoms with Gasteiger partial charge >= 0.3 is 12.1 Å². The second-order valence-corrected chi connectivity index (χ2v) is 4.94. The maximum atomic E-state index is 11.7. The Labute approximate surface area is 139 Å². The van der Waals surface area contributed by atoms with Crippen LogP contribution in [0.25, 0.3) is 11.1 Å². The van der Waals surface area contributed by atoms with Crippen LogP contribution in [0.3, 0.4) is 0 Å². The lowest BCUT2D eigenvalue weighted by atomic mass is 10.0. The molecule has 0 aliphatic heterocycles. The van der Waals surface area contributed by atoms with E-state index in [1.165, 1.54) is 0 Å². The van der Waals surface area contributed by atoms with Gasteiger partial charge < -0.3 is 9.47 Å². The number of amides is 2. The van der Waals surface area contributed by atoms with Gasteiger partial charge in [0.15, 0.2) is 6.61 Å². The molecule has 6 nitrogen and oxygen atoms in total. The molecular formula is C18H17NO5. The first kappa shape index (κ1) is 17.2. The SMILES string of the molecule is COC(=O)NC(=O)COC(=O)Cc1ccc(-c2ccccc2)cc1. The fraction of sp³-hybridized carbons (Fsp3) is 0.167. The van der Waals surface area contributed by atoms with Crippen molar-refractivity contribution in [2.45, 2.75) is 6.42 Å². The van der Waals surface area contributed by atoms with Gasteiger partial charge in [-0.15, -0.1) is 0 Å². The topological polar surface area (TPSA) is 81.7 Å². The third-order valence-corrected chi connectivity index (χ3v) is 3.20. The largest absolute Gasteiger partial charge is 0.455 e. The summed E-state index contributed by atoms with van der Waals surface area (Å²) in [6, 6.07) is 17.4. The van der Waals surface area contributed by atoms with Crippen molar-refractivity contribution in [3.05, 3.63) is 60.2 Å². The van der Waals surface area contributed by atoms with Crippen molar-refractivity contribution in [1.29, 1.82) is 0 Å². The van der Waals surface area contributed by atoms with Gasteiger partial charge in [-0.2, -0.15) is 0 Å². The van der Waals surface area contributed by atoms with Crippen LogP contribution in [0.4, 0.5) is 4.79 Å². The summed E-state index contributed by atoms with van der Waals surface area (Å²) >= 11 is 0. The van der Waals surface area contributed by atoms with E-state index in [0.29, 0.717) is 0 Å². The molecular weight excluding hydrogens is 310 g/mol. The van der Waals surface area contributed by atoms with Crippen molar-refractivity contribution in [2.24, 2.45) is 0 Å². The molecule has 0 aromatic heterocycles. The molecule has 0 atom stereocenters. The molecule has 0 aliphatic carbocycles. The van der Waals surface area contributed by atoms with Crippen LogP contribution in [0.5, 0.6) is 0 Å². The zero-order valence-electron chi connectivity index (χ0n) is 13.2. The summed E-state index contributed by atoms with van der Waals surface area (Å²) in [4.78, 5) is 33.8. The number of hydrogen-bond donors (Lipinski definition) is 1. The average Bonchev–Trinajstić information content (AvgIpc) is 2.61. The van der Waals surface area contributed by atoms with Crippen molar-refractivity contribution >= 4 is 18.0 Å². The number of carbonyl (C=O) groups excluding carboxylic acids is 3. The minimum atomic E-state index is -0.896. The van der Waals surface area contributed by atoms with Crippen molar-refractivity contribution in [1.82, 2.24) is 5.32 Å². The van der Waals surface area contributed by atoms with Crippen LogP contribution in [0.15, 0.2) is 54.6 Å². The molecule has 0 unspecified atom stereocenters. The molecule has 0 radical (unpaired) electrons. The molecule has 0 aliphatic rings. The molecule has 2 aromatic carbocycles.